The Morgan fingerprint density at radius 3 is 2.71 bits per heavy atom. The molecule has 1 saturated heterocycles. The average Bonchev–Trinajstić information content (AvgIpc) is 2.47. The number of nitro groups is 1. The Hall–Kier alpha value is -2.15. The Kier molecular flexibility index (Phi) is 4.42. The lowest BCUT2D eigenvalue weighted by molar-refractivity contribution is -0.385. The van der Waals surface area contributed by atoms with E-state index in [-0.39, 0.29) is 12.2 Å². The molecule has 1 fully saturated rings. The number of hydrogen-bond donors (Lipinski definition) is 2. The summed E-state index contributed by atoms with van der Waals surface area (Å²) in [6, 6.07) is 4.80. The summed E-state index contributed by atoms with van der Waals surface area (Å²) >= 11 is 0. The van der Waals surface area contributed by atoms with Crippen molar-refractivity contribution in [3.63, 3.8) is 0 Å². The van der Waals surface area contributed by atoms with Crippen LogP contribution in [0.3, 0.4) is 0 Å². The Labute approximate surface area is 122 Å². The van der Waals surface area contributed by atoms with E-state index in [4.69, 9.17) is 4.74 Å². The lowest BCUT2D eigenvalue weighted by Crippen LogP contribution is -2.42. The highest BCUT2D eigenvalue weighted by atomic mass is 16.6. The van der Waals surface area contributed by atoms with Crippen LogP contribution in [0.1, 0.15) is 18.4 Å². The van der Waals surface area contributed by atoms with Gasteiger partial charge in [-0.15, -0.1) is 0 Å². The number of nitrogens with zero attached hydrogens (tertiary/aromatic N) is 1. The van der Waals surface area contributed by atoms with E-state index >= 15 is 0 Å². The smallest absolute Gasteiger partial charge is 0.311 e. The highest BCUT2D eigenvalue weighted by molar-refractivity contribution is 5.75. The largest absolute Gasteiger partial charge is 0.481 e. The van der Waals surface area contributed by atoms with Crippen molar-refractivity contribution in [2.24, 2.45) is 5.41 Å². The first kappa shape index (κ1) is 15.2. The molecule has 2 N–H and O–H groups in total. The van der Waals surface area contributed by atoms with Gasteiger partial charge in [0.2, 0.25) is 0 Å². The van der Waals surface area contributed by atoms with Crippen LogP contribution in [0.4, 0.5) is 11.4 Å². The molecule has 1 aliphatic heterocycles. The standard InChI is InChI=1S/C14H18N2O5/c1-10-2-3-11(8-12(10)16(19)20)15-9-14(13(17)18)4-6-21-7-5-14/h2-3,8,15H,4-7,9H2,1H3,(H,17,18). The number of aliphatic carboxylic acids is 1. The fourth-order valence-electron chi connectivity index (χ4n) is 2.42. The predicted octanol–water partition coefficient (Wildman–Crippen LogP) is 2.20. The first-order valence-corrected chi connectivity index (χ1v) is 6.75. The van der Waals surface area contributed by atoms with E-state index < -0.39 is 16.3 Å². The van der Waals surface area contributed by atoms with Crippen LogP contribution >= 0.6 is 0 Å². The van der Waals surface area contributed by atoms with Gasteiger partial charge in [-0.2, -0.15) is 0 Å². The third-order valence-corrected chi connectivity index (χ3v) is 3.94. The Morgan fingerprint density at radius 1 is 1.48 bits per heavy atom. The van der Waals surface area contributed by atoms with Crippen molar-refractivity contribution in [1.29, 1.82) is 0 Å². The van der Waals surface area contributed by atoms with Crippen LogP contribution in [0.2, 0.25) is 0 Å². The molecule has 21 heavy (non-hydrogen) atoms. The molecule has 0 spiro atoms. The van der Waals surface area contributed by atoms with Gasteiger partial charge in [0.1, 0.15) is 0 Å². The van der Waals surface area contributed by atoms with Crippen LogP contribution in [-0.2, 0) is 9.53 Å². The van der Waals surface area contributed by atoms with Gasteiger partial charge >= 0.3 is 5.97 Å². The summed E-state index contributed by atoms with van der Waals surface area (Å²) in [6.45, 7) is 2.73. The van der Waals surface area contributed by atoms with Gasteiger partial charge in [0.25, 0.3) is 5.69 Å². The molecule has 0 unspecified atom stereocenters. The molecule has 2 rings (SSSR count). The molecule has 114 valence electrons. The van der Waals surface area contributed by atoms with Crippen LogP contribution in [0.25, 0.3) is 0 Å². The lowest BCUT2D eigenvalue weighted by Gasteiger charge is -2.33. The van der Waals surface area contributed by atoms with E-state index in [0.29, 0.717) is 37.3 Å². The summed E-state index contributed by atoms with van der Waals surface area (Å²) in [6.07, 6.45) is 0.868. The second-order valence-electron chi connectivity index (χ2n) is 5.31. The fourth-order valence-corrected chi connectivity index (χ4v) is 2.42. The SMILES string of the molecule is Cc1ccc(NCC2(C(=O)O)CCOCC2)cc1[N+](=O)[O-]. The van der Waals surface area contributed by atoms with Gasteiger partial charge in [-0.3, -0.25) is 14.9 Å². The third-order valence-electron chi connectivity index (χ3n) is 3.94. The number of rotatable bonds is 5. The second-order valence-corrected chi connectivity index (χ2v) is 5.31. The van der Waals surface area contributed by atoms with Crippen molar-refractivity contribution >= 4 is 17.3 Å². The van der Waals surface area contributed by atoms with E-state index in [0.717, 1.165) is 0 Å². The zero-order valence-electron chi connectivity index (χ0n) is 11.8. The molecule has 7 heteroatoms. The summed E-state index contributed by atoms with van der Waals surface area (Å²) in [7, 11) is 0. The molecule has 1 aliphatic rings. The first-order valence-electron chi connectivity index (χ1n) is 6.75. The summed E-state index contributed by atoms with van der Waals surface area (Å²) < 4.78 is 5.21. The summed E-state index contributed by atoms with van der Waals surface area (Å²) in [5.41, 5.74) is 0.276. The molecule has 1 aromatic rings. The monoisotopic (exact) mass is 294 g/mol. The molecule has 0 atom stereocenters. The molecular formula is C14H18N2O5. The maximum absolute atomic E-state index is 11.5. The van der Waals surface area contributed by atoms with Crippen LogP contribution < -0.4 is 5.32 Å². The summed E-state index contributed by atoms with van der Waals surface area (Å²) in [5.74, 6) is -0.861. The summed E-state index contributed by atoms with van der Waals surface area (Å²) in [4.78, 5) is 22.0. The molecule has 0 bridgehead atoms. The number of benzene rings is 1. The zero-order chi connectivity index (χ0) is 15.5. The van der Waals surface area contributed by atoms with Gasteiger partial charge in [0, 0.05) is 37.1 Å². The lowest BCUT2D eigenvalue weighted by atomic mass is 9.80. The molecule has 0 radical (unpaired) electrons. The number of carboxylic acids is 1. The first-order chi connectivity index (χ1) is 9.94. The zero-order valence-corrected chi connectivity index (χ0v) is 11.8. The fraction of sp³-hybridized carbons (Fsp3) is 0.500. The molecule has 0 aromatic heterocycles. The molecular weight excluding hydrogens is 276 g/mol. The Bertz CT molecular complexity index is 552. The number of carboxylic acid groups (broad SMARTS) is 1. The minimum atomic E-state index is -0.877. The van der Waals surface area contributed by atoms with Gasteiger partial charge in [0.15, 0.2) is 0 Å². The van der Waals surface area contributed by atoms with Crippen molar-refractivity contribution in [3.05, 3.63) is 33.9 Å². The molecule has 0 aliphatic carbocycles. The quantitative estimate of drug-likeness (QED) is 0.637. The van der Waals surface area contributed by atoms with E-state index in [1.165, 1.54) is 6.07 Å². The molecule has 1 heterocycles. The number of nitro benzene ring substituents is 1. The number of anilines is 1. The second kappa shape index (κ2) is 6.09. The van der Waals surface area contributed by atoms with Crippen molar-refractivity contribution in [2.45, 2.75) is 19.8 Å². The number of aryl methyl sites for hydroxylation is 1. The summed E-state index contributed by atoms with van der Waals surface area (Å²) in [5, 5.41) is 23.4. The topological polar surface area (TPSA) is 102 Å². The number of ether oxygens (including phenoxy) is 1. The minimum absolute atomic E-state index is 0.0244. The van der Waals surface area contributed by atoms with E-state index in [2.05, 4.69) is 5.32 Å². The van der Waals surface area contributed by atoms with E-state index in [9.17, 15) is 20.0 Å². The number of carbonyl (C=O) groups is 1. The van der Waals surface area contributed by atoms with Crippen LogP contribution in [0.5, 0.6) is 0 Å². The van der Waals surface area contributed by atoms with Gasteiger partial charge in [-0.25, -0.2) is 0 Å². The predicted molar refractivity (Wildman–Crippen MR) is 76.4 cm³/mol. The van der Waals surface area contributed by atoms with Gasteiger partial charge in [-0.05, 0) is 25.8 Å². The molecule has 0 saturated carbocycles. The minimum Gasteiger partial charge on any atom is -0.481 e. The molecule has 7 nitrogen and oxygen atoms in total. The number of nitrogens with one attached hydrogen (secondary N) is 1. The van der Waals surface area contributed by atoms with Crippen molar-refractivity contribution in [3.8, 4) is 0 Å². The maximum Gasteiger partial charge on any atom is 0.311 e. The molecule has 1 aromatic carbocycles. The van der Waals surface area contributed by atoms with Crippen LogP contribution in [0.15, 0.2) is 18.2 Å². The van der Waals surface area contributed by atoms with Crippen molar-refractivity contribution < 1.29 is 19.6 Å². The van der Waals surface area contributed by atoms with Crippen LogP contribution in [0, 0.1) is 22.5 Å². The van der Waals surface area contributed by atoms with Gasteiger partial charge in [0.05, 0.1) is 10.3 Å². The Balaban J connectivity index is 2.12. The molecule has 0 amide bonds. The third kappa shape index (κ3) is 3.30. The van der Waals surface area contributed by atoms with Gasteiger partial charge in [-0.1, -0.05) is 6.07 Å². The number of hydrogen-bond acceptors (Lipinski definition) is 5. The highest BCUT2D eigenvalue weighted by Crippen LogP contribution is 2.32. The normalized spacial score (nSPS) is 17.2. The van der Waals surface area contributed by atoms with Crippen molar-refractivity contribution in [1.82, 2.24) is 0 Å². The van der Waals surface area contributed by atoms with Crippen LogP contribution in [-0.4, -0.2) is 35.8 Å². The van der Waals surface area contributed by atoms with Crippen molar-refractivity contribution in [2.75, 3.05) is 25.1 Å². The Morgan fingerprint density at radius 2 is 2.14 bits per heavy atom. The average molecular weight is 294 g/mol. The maximum atomic E-state index is 11.5. The van der Waals surface area contributed by atoms with Gasteiger partial charge < -0.3 is 15.2 Å². The van der Waals surface area contributed by atoms with E-state index in [1.54, 1.807) is 19.1 Å². The highest BCUT2D eigenvalue weighted by Gasteiger charge is 2.40. The van der Waals surface area contributed by atoms with E-state index in [1.807, 2.05) is 0 Å².